The Hall–Kier alpha value is -3.45. The molecule has 1 saturated heterocycles. The van der Waals surface area contributed by atoms with E-state index >= 15 is 0 Å². The summed E-state index contributed by atoms with van der Waals surface area (Å²) in [6, 6.07) is 12.7. The van der Waals surface area contributed by atoms with Crippen molar-refractivity contribution in [1.82, 2.24) is 9.88 Å². The van der Waals surface area contributed by atoms with Gasteiger partial charge in [-0.1, -0.05) is 41.1 Å². The Bertz CT molecular complexity index is 1380. The molecular formula is C27H26BrN3O3. The molecule has 2 heterocycles. The van der Waals surface area contributed by atoms with Gasteiger partial charge in [0.1, 0.15) is 5.57 Å². The molecule has 1 aliphatic heterocycles. The van der Waals surface area contributed by atoms with E-state index in [1.54, 1.807) is 18.2 Å². The number of hydrogen-bond acceptors (Lipinski definition) is 3. The molecule has 4 rings (SSSR count). The fourth-order valence-corrected chi connectivity index (χ4v) is 4.98. The molecule has 6 nitrogen and oxygen atoms in total. The molecule has 0 bridgehead atoms. The van der Waals surface area contributed by atoms with E-state index in [9.17, 15) is 14.4 Å². The average molecular weight is 520 g/mol. The van der Waals surface area contributed by atoms with Gasteiger partial charge in [0.2, 0.25) is 0 Å². The highest BCUT2D eigenvalue weighted by Gasteiger charge is 2.37. The smallest absolute Gasteiger partial charge is 0.317 e. The van der Waals surface area contributed by atoms with Crippen LogP contribution in [0.5, 0.6) is 0 Å². The van der Waals surface area contributed by atoms with Crippen molar-refractivity contribution < 1.29 is 14.4 Å². The molecule has 1 N–H and O–H groups in total. The second kappa shape index (κ2) is 9.06. The molecule has 174 valence electrons. The van der Waals surface area contributed by atoms with Crippen LogP contribution in [-0.2, 0) is 16.0 Å². The van der Waals surface area contributed by atoms with Crippen LogP contribution >= 0.6 is 15.9 Å². The molecule has 2 aromatic carbocycles. The van der Waals surface area contributed by atoms with E-state index in [-0.39, 0.29) is 5.57 Å². The number of anilines is 1. The Morgan fingerprint density at radius 2 is 1.71 bits per heavy atom. The van der Waals surface area contributed by atoms with Crippen LogP contribution < -0.4 is 10.2 Å². The third-order valence-electron chi connectivity index (χ3n) is 6.20. The number of para-hydroxylation sites is 1. The van der Waals surface area contributed by atoms with Crippen molar-refractivity contribution in [2.75, 3.05) is 4.90 Å². The first-order valence-corrected chi connectivity index (χ1v) is 11.9. The Balaban J connectivity index is 1.82. The Labute approximate surface area is 207 Å². The van der Waals surface area contributed by atoms with Crippen molar-refractivity contribution in [3.63, 3.8) is 0 Å². The molecule has 4 amide bonds. The van der Waals surface area contributed by atoms with Gasteiger partial charge in [0, 0.05) is 15.9 Å². The molecule has 1 aliphatic rings. The highest BCUT2D eigenvalue weighted by Crippen LogP contribution is 2.30. The topological polar surface area (TPSA) is 71.4 Å². The maximum absolute atomic E-state index is 13.4. The Morgan fingerprint density at radius 3 is 2.38 bits per heavy atom. The summed E-state index contributed by atoms with van der Waals surface area (Å²) in [6.07, 6.45) is 2.46. The fraction of sp³-hybridized carbons (Fsp3) is 0.222. The van der Waals surface area contributed by atoms with Crippen molar-refractivity contribution in [3.8, 4) is 5.69 Å². The zero-order valence-electron chi connectivity index (χ0n) is 19.8. The highest BCUT2D eigenvalue weighted by atomic mass is 79.9. The number of carbonyl (C=O) groups is 3. The van der Waals surface area contributed by atoms with Crippen LogP contribution in [0, 0.1) is 27.7 Å². The summed E-state index contributed by atoms with van der Waals surface area (Å²) in [5.74, 6) is -1.34. The number of benzene rings is 2. The molecule has 0 saturated carbocycles. The third-order valence-corrected chi connectivity index (χ3v) is 6.69. The number of amides is 4. The quantitative estimate of drug-likeness (QED) is 0.354. The van der Waals surface area contributed by atoms with E-state index in [1.165, 1.54) is 5.56 Å². The van der Waals surface area contributed by atoms with Gasteiger partial charge < -0.3 is 4.57 Å². The Morgan fingerprint density at radius 1 is 0.971 bits per heavy atom. The van der Waals surface area contributed by atoms with Gasteiger partial charge in [0.25, 0.3) is 11.8 Å². The predicted molar refractivity (Wildman–Crippen MR) is 137 cm³/mol. The van der Waals surface area contributed by atoms with Gasteiger partial charge in [0.05, 0.1) is 11.4 Å². The van der Waals surface area contributed by atoms with Crippen LogP contribution in [0.2, 0.25) is 0 Å². The number of imide groups is 2. The number of nitrogens with zero attached hydrogens (tertiary/aromatic N) is 2. The number of aromatic nitrogens is 1. The molecule has 7 heteroatoms. The lowest BCUT2D eigenvalue weighted by Gasteiger charge is -2.27. The number of halogens is 1. The number of aryl methyl sites for hydroxylation is 4. The summed E-state index contributed by atoms with van der Waals surface area (Å²) in [4.78, 5) is 39.7. The number of barbiturate groups is 1. The van der Waals surface area contributed by atoms with E-state index in [1.807, 2.05) is 32.9 Å². The Kier molecular flexibility index (Phi) is 6.32. The van der Waals surface area contributed by atoms with Crippen molar-refractivity contribution in [1.29, 1.82) is 0 Å². The lowest BCUT2D eigenvalue weighted by atomic mass is 10.0. The standard InChI is InChI=1S/C27H26BrN3O3/c1-6-19-9-7-8-15(2)24(19)30-17(4)13-20(18(30)5)14-22-25(32)29-27(34)31(26(22)33)23-11-10-21(28)12-16(23)3/h7-14H,6H2,1-5H3,(H,29,32,34)/b22-14+. The summed E-state index contributed by atoms with van der Waals surface area (Å²) in [5, 5.41) is 2.31. The second-order valence-electron chi connectivity index (χ2n) is 8.49. The zero-order chi connectivity index (χ0) is 24.7. The highest BCUT2D eigenvalue weighted by molar-refractivity contribution is 9.10. The van der Waals surface area contributed by atoms with Crippen molar-refractivity contribution in [3.05, 3.63) is 86.2 Å². The molecule has 0 unspecified atom stereocenters. The number of carbonyl (C=O) groups excluding carboxylic acids is 3. The maximum atomic E-state index is 13.4. The van der Waals surface area contributed by atoms with Gasteiger partial charge in [0.15, 0.2) is 0 Å². The van der Waals surface area contributed by atoms with Crippen LogP contribution in [0.1, 0.15) is 40.6 Å². The van der Waals surface area contributed by atoms with Crippen LogP contribution in [0.3, 0.4) is 0 Å². The number of hydrogen-bond donors (Lipinski definition) is 1. The number of rotatable bonds is 4. The van der Waals surface area contributed by atoms with Crippen molar-refractivity contribution >= 4 is 45.5 Å². The van der Waals surface area contributed by atoms with Gasteiger partial charge in [-0.25, -0.2) is 9.69 Å². The molecule has 3 aromatic rings. The van der Waals surface area contributed by atoms with Crippen LogP contribution in [0.15, 0.2) is 52.5 Å². The first kappa shape index (κ1) is 23.7. The van der Waals surface area contributed by atoms with E-state index < -0.39 is 17.8 Å². The minimum Gasteiger partial charge on any atom is -0.317 e. The van der Waals surface area contributed by atoms with Crippen LogP contribution in [0.4, 0.5) is 10.5 Å². The molecule has 34 heavy (non-hydrogen) atoms. The normalized spacial score (nSPS) is 15.3. The first-order chi connectivity index (χ1) is 16.1. The largest absolute Gasteiger partial charge is 0.335 e. The first-order valence-electron chi connectivity index (χ1n) is 11.1. The molecule has 0 atom stereocenters. The van der Waals surface area contributed by atoms with Crippen LogP contribution in [-0.4, -0.2) is 22.4 Å². The molecule has 1 fully saturated rings. The van der Waals surface area contributed by atoms with Gasteiger partial charge in [-0.2, -0.15) is 0 Å². The van der Waals surface area contributed by atoms with Crippen LogP contribution in [0.25, 0.3) is 11.8 Å². The van der Waals surface area contributed by atoms with Gasteiger partial charge in [-0.05, 0) is 86.7 Å². The van der Waals surface area contributed by atoms with Crippen molar-refractivity contribution in [2.24, 2.45) is 0 Å². The summed E-state index contributed by atoms with van der Waals surface area (Å²) >= 11 is 3.40. The average Bonchev–Trinajstić information content (AvgIpc) is 3.05. The second-order valence-corrected chi connectivity index (χ2v) is 9.40. The van der Waals surface area contributed by atoms with Gasteiger partial charge >= 0.3 is 6.03 Å². The van der Waals surface area contributed by atoms with Gasteiger partial charge in [-0.3, -0.25) is 14.9 Å². The third kappa shape index (κ3) is 4.01. The summed E-state index contributed by atoms with van der Waals surface area (Å²) in [6.45, 7) is 9.98. The van der Waals surface area contributed by atoms with E-state index in [2.05, 4.69) is 57.9 Å². The molecule has 0 radical (unpaired) electrons. The molecule has 0 aliphatic carbocycles. The molecule has 0 spiro atoms. The lowest BCUT2D eigenvalue weighted by Crippen LogP contribution is -2.54. The summed E-state index contributed by atoms with van der Waals surface area (Å²) in [5.41, 5.74) is 7.23. The van der Waals surface area contributed by atoms with Crippen molar-refractivity contribution in [2.45, 2.75) is 41.0 Å². The molecular weight excluding hydrogens is 494 g/mol. The summed E-state index contributed by atoms with van der Waals surface area (Å²) in [7, 11) is 0. The predicted octanol–water partition coefficient (Wildman–Crippen LogP) is 5.70. The minimum atomic E-state index is -0.754. The van der Waals surface area contributed by atoms with Gasteiger partial charge in [-0.15, -0.1) is 0 Å². The fourth-order valence-electron chi connectivity index (χ4n) is 4.50. The molecule has 1 aromatic heterocycles. The van der Waals surface area contributed by atoms with E-state index in [4.69, 9.17) is 0 Å². The monoisotopic (exact) mass is 519 g/mol. The lowest BCUT2D eigenvalue weighted by molar-refractivity contribution is -0.122. The number of nitrogens with one attached hydrogen (secondary N) is 1. The van der Waals surface area contributed by atoms with E-state index in [0.29, 0.717) is 5.69 Å². The maximum Gasteiger partial charge on any atom is 0.335 e. The SMILES string of the molecule is CCc1cccc(C)c1-n1c(C)cc(/C=C2\C(=O)NC(=O)N(c3ccc(Br)cc3C)C2=O)c1C. The van der Waals surface area contributed by atoms with E-state index in [0.717, 1.165) is 49.6 Å². The minimum absolute atomic E-state index is 0.0809. The summed E-state index contributed by atoms with van der Waals surface area (Å²) < 4.78 is 2.99. The number of urea groups is 1. The zero-order valence-corrected chi connectivity index (χ0v) is 21.4.